The molecule has 0 radical (unpaired) electrons. The van der Waals surface area contributed by atoms with Crippen LogP contribution in [-0.4, -0.2) is 5.91 Å². The standard InChI is InChI=1S/C16H21NO/c1-5-9-11-14(7-3)12-13-17-16(18)15(8-4)10-6-2/h5-13H,1H2,2-4H3,(H,17,18)/b10-6-,11-9-,13-12+,14-7+,15-8+. The van der Waals surface area contributed by atoms with E-state index in [9.17, 15) is 4.79 Å². The highest BCUT2D eigenvalue weighted by atomic mass is 16.1. The highest BCUT2D eigenvalue weighted by Crippen LogP contribution is 2.00. The fourth-order valence-electron chi connectivity index (χ4n) is 1.21. The molecule has 0 fully saturated rings. The minimum Gasteiger partial charge on any atom is -0.329 e. The molecule has 2 heteroatoms. The lowest BCUT2D eigenvalue weighted by atomic mass is 10.2. The fraction of sp³-hybridized carbons (Fsp3) is 0.188. The Morgan fingerprint density at radius 3 is 2.28 bits per heavy atom. The van der Waals surface area contributed by atoms with Gasteiger partial charge in [0.2, 0.25) is 0 Å². The maximum Gasteiger partial charge on any atom is 0.254 e. The van der Waals surface area contributed by atoms with Crippen molar-refractivity contribution < 1.29 is 4.79 Å². The van der Waals surface area contributed by atoms with Crippen LogP contribution >= 0.6 is 0 Å². The Kier molecular flexibility index (Phi) is 8.92. The van der Waals surface area contributed by atoms with E-state index < -0.39 is 0 Å². The summed E-state index contributed by atoms with van der Waals surface area (Å²) in [6.07, 6.45) is 16.3. The molecule has 0 unspecified atom stereocenters. The first-order chi connectivity index (χ1) is 8.69. The number of rotatable bonds is 6. The number of carbonyl (C=O) groups is 1. The van der Waals surface area contributed by atoms with E-state index in [-0.39, 0.29) is 5.91 Å². The summed E-state index contributed by atoms with van der Waals surface area (Å²) in [6, 6.07) is 0. The van der Waals surface area contributed by atoms with Crippen molar-refractivity contribution in [1.29, 1.82) is 0 Å². The zero-order chi connectivity index (χ0) is 13.8. The molecule has 0 saturated carbocycles. The Hall–Kier alpha value is -2.09. The molecular formula is C16H21NO. The lowest BCUT2D eigenvalue weighted by Crippen LogP contribution is -2.18. The zero-order valence-electron chi connectivity index (χ0n) is 11.3. The summed E-state index contributed by atoms with van der Waals surface area (Å²) < 4.78 is 0. The number of allylic oxidation sites excluding steroid dienone is 8. The van der Waals surface area contributed by atoms with Gasteiger partial charge in [0.25, 0.3) is 5.91 Å². The molecule has 0 heterocycles. The van der Waals surface area contributed by atoms with Crippen LogP contribution in [0.3, 0.4) is 0 Å². The molecule has 0 rings (SSSR count). The van der Waals surface area contributed by atoms with Gasteiger partial charge in [-0.3, -0.25) is 4.79 Å². The Balaban J connectivity index is 4.52. The molecule has 2 nitrogen and oxygen atoms in total. The number of hydrogen-bond donors (Lipinski definition) is 1. The Labute approximate surface area is 110 Å². The average Bonchev–Trinajstić information content (AvgIpc) is 2.39. The molecule has 0 spiro atoms. The first kappa shape index (κ1) is 15.9. The van der Waals surface area contributed by atoms with E-state index in [0.29, 0.717) is 5.57 Å². The lowest BCUT2D eigenvalue weighted by molar-refractivity contribution is -0.116. The van der Waals surface area contributed by atoms with E-state index in [2.05, 4.69) is 11.9 Å². The van der Waals surface area contributed by atoms with Crippen molar-refractivity contribution >= 4 is 5.91 Å². The smallest absolute Gasteiger partial charge is 0.254 e. The third-order valence-electron chi connectivity index (χ3n) is 2.17. The maximum atomic E-state index is 11.7. The number of amides is 1. The summed E-state index contributed by atoms with van der Waals surface area (Å²) in [5, 5.41) is 2.72. The number of carbonyl (C=O) groups excluding carboxylic acids is 1. The summed E-state index contributed by atoms with van der Waals surface area (Å²) in [5.74, 6) is -0.116. The van der Waals surface area contributed by atoms with Crippen LogP contribution in [0.2, 0.25) is 0 Å². The van der Waals surface area contributed by atoms with Gasteiger partial charge in [0.15, 0.2) is 0 Å². The van der Waals surface area contributed by atoms with Gasteiger partial charge in [-0.25, -0.2) is 0 Å². The predicted octanol–water partition coefficient (Wildman–Crippen LogP) is 3.83. The molecule has 0 saturated heterocycles. The van der Waals surface area contributed by atoms with E-state index >= 15 is 0 Å². The van der Waals surface area contributed by atoms with Crippen LogP contribution in [0, 0.1) is 0 Å². The minimum atomic E-state index is -0.116. The molecule has 96 valence electrons. The second kappa shape index (κ2) is 10.1. The molecule has 0 atom stereocenters. The Morgan fingerprint density at radius 2 is 1.78 bits per heavy atom. The van der Waals surface area contributed by atoms with Gasteiger partial charge >= 0.3 is 0 Å². The van der Waals surface area contributed by atoms with Crippen molar-refractivity contribution in [3.05, 3.63) is 72.5 Å². The highest BCUT2D eigenvalue weighted by molar-refractivity contribution is 5.96. The molecule has 0 aromatic rings. The fourth-order valence-corrected chi connectivity index (χ4v) is 1.21. The van der Waals surface area contributed by atoms with Gasteiger partial charge in [0.05, 0.1) is 0 Å². The first-order valence-corrected chi connectivity index (χ1v) is 5.91. The van der Waals surface area contributed by atoms with Crippen molar-refractivity contribution in [2.75, 3.05) is 0 Å². The van der Waals surface area contributed by atoms with Gasteiger partial charge in [0, 0.05) is 11.8 Å². The molecule has 0 aromatic carbocycles. The van der Waals surface area contributed by atoms with Gasteiger partial charge in [0.1, 0.15) is 0 Å². The molecule has 0 aliphatic carbocycles. The quantitative estimate of drug-likeness (QED) is 0.557. The molecule has 1 amide bonds. The van der Waals surface area contributed by atoms with Crippen molar-refractivity contribution in [1.82, 2.24) is 5.32 Å². The van der Waals surface area contributed by atoms with E-state index in [4.69, 9.17) is 0 Å². The van der Waals surface area contributed by atoms with Gasteiger partial charge in [-0.05, 0) is 32.4 Å². The summed E-state index contributed by atoms with van der Waals surface area (Å²) in [7, 11) is 0. The zero-order valence-corrected chi connectivity index (χ0v) is 11.3. The van der Waals surface area contributed by atoms with Crippen LogP contribution in [0.25, 0.3) is 0 Å². The molecule has 1 N–H and O–H groups in total. The molecule has 0 aliphatic rings. The van der Waals surface area contributed by atoms with Gasteiger partial charge in [-0.15, -0.1) is 0 Å². The molecule has 0 aromatic heterocycles. The van der Waals surface area contributed by atoms with Crippen LogP contribution in [-0.2, 0) is 4.79 Å². The topological polar surface area (TPSA) is 29.1 Å². The monoisotopic (exact) mass is 243 g/mol. The predicted molar refractivity (Wildman–Crippen MR) is 78.9 cm³/mol. The minimum absolute atomic E-state index is 0.116. The second-order valence-electron chi connectivity index (χ2n) is 3.43. The van der Waals surface area contributed by atoms with Crippen molar-refractivity contribution in [3.8, 4) is 0 Å². The third-order valence-corrected chi connectivity index (χ3v) is 2.17. The summed E-state index contributed by atoms with van der Waals surface area (Å²) in [5.41, 5.74) is 1.65. The highest BCUT2D eigenvalue weighted by Gasteiger charge is 2.01. The molecular weight excluding hydrogens is 222 g/mol. The van der Waals surface area contributed by atoms with E-state index in [1.807, 2.05) is 51.2 Å². The lowest BCUT2D eigenvalue weighted by Gasteiger charge is -2.00. The van der Waals surface area contributed by atoms with Gasteiger partial charge in [-0.1, -0.05) is 49.1 Å². The largest absolute Gasteiger partial charge is 0.329 e. The number of nitrogens with one attached hydrogen (secondary N) is 1. The molecule has 0 bridgehead atoms. The maximum absolute atomic E-state index is 11.7. The molecule has 0 aliphatic heterocycles. The SMILES string of the molecule is C=C\C=C/C(/C=C/NC(=O)C(/C=C\C)=C/C)=C\C. The van der Waals surface area contributed by atoms with Crippen molar-refractivity contribution in [3.63, 3.8) is 0 Å². The van der Waals surface area contributed by atoms with Crippen molar-refractivity contribution in [2.45, 2.75) is 20.8 Å². The Bertz CT molecular complexity index is 420. The van der Waals surface area contributed by atoms with E-state index in [1.165, 1.54) is 0 Å². The number of hydrogen-bond acceptors (Lipinski definition) is 1. The van der Waals surface area contributed by atoms with Gasteiger partial charge < -0.3 is 5.32 Å². The average molecular weight is 243 g/mol. The van der Waals surface area contributed by atoms with E-state index in [1.54, 1.807) is 24.4 Å². The van der Waals surface area contributed by atoms with Crippen LogP contribution in [0.15, 0.2) is 72.5 Å². The van der Waals surface area contributed by atoms with Crippen LogP contribution in [0.5, 0.6) is 0 Å². The second-order valence-corrected chi connectivity index (χ2v) is 3.43. The third kappa shape index (κ3) is 6.48. The molecule has 18 heavy (non-hydrogen) atoms. The van der Waals surface area contributed by atoms with Crippen LogP contribution < -0.4 is 5.32 Å². The first-order valence-electron chi connectivity index (χ1n) is 5.91. The van der Waals surface area contributed by atoms with Crippen LogP contribution in [0.1, 0.15) is 20.8 Å². The van der Waals surface area contributed by atoms with Gasteiger partial charge in [-0.2, -0.15) is 0 Å². The summed E-state index contributed by atoms with van der Waals surface area (Å²) in [4.78, 5) is 11.7. The normalized spacial score (nSPS) is 13.7. The van der Waals surface area contributed by atoms with E-state index in [0.717, 1.165) is 5.57 Å². The van der Waals surface area contributed by atoms with Crippen molar-refractivity contribution in [2.24, 2.45) is 0 Å². The Morgan fingerprint density at radius 1 is 1.06 bits per heavy atom. The summed E-state index contributed by atoms with van der Waals surface area (Å²) in [6.45, 7) is 9.26. The van der Waals surface area contributed by atoms with Crippen LogP contribution in [0.4, 0.5) is 0 Å². The summed E-state index contributed by atoms with van der Waals surface area (Å²) >= 11 is 0.